The summed E-state index contributed by atoms with van der Waals surface area (Å²) >= 11 is 0. The molecule has 0 saturated heterocycles. The lowest BCUT2D eigenvalue weighted by Crippen LogP contribution is -2.06. The summed E-state index contributed by atoms with van der Waals surface area (Å²) in [4.78, 5) is 0. The van der Waals surface area contributed by atoms with Crippen LogP contribution >= 0.6 is 0 Å². The molecule has 0 spiro atoms. The highest BCUT2D eigenvalue weighted by Crippen LogP contribution is 2.24. The maximum atomic E-state index is 13.5. The Labute approximate surface area is 83.6 Å². The number of hydrogen-bond donors (Lipinski definition) is 1. The average molecular weight is 194 g/mol. The molecule has 0 aliphatic heterocycles. The van der Waals surface area contributed by atoms with Gasteiger partial charge in [-0.05, 0) is 54.9 Å². The number of hydrogen-bond acceptors (Lipinski definition) is 1. The van der Waals surface area contributed by atoms with E-state index in [0.717, 1.165) is 18.4 Å². The minimum Gasteiger partial charge on any atom is -0.396 e. The van der Waals surface area contributed by atoms with Crippen molar-refractivity contribution in [1.82, 2.24) is 0 Å². The summed E-state index contributed by atoms with van der Waals surface area (Å²) in [6.07, 6.45) is 4.88. The molecule has 0 heterocycles. The molecule has 76 valence electrons. The zero-order valence-electron chi connectivity index (χ0n) is 8.22. The third kappa shape index (κ3) is 1.80. The summed E-state index contributed by atoms with van der Waals surface area (Å²) in [6.45, 7) is 0.0235. The third-order valence-electron chi connectivity index (χ3n) is 2.89. The van der Waals surface area contributed by atoms with E-state index in [0.29, 0.717) is 12.0 Å². The van der Waals surface area contributed by atoms with Gasteiger partial charge in [0.15, 0.2) is 0 Å². The quantitative estimate of drug-likeness (QED) is 0.765. The lowest BCUT2D eigenvalue weighted by molar-refractivity contribution is 0.297. The van der Waals surface area contributed by atoms with E-state index in [9.17, 15) is 4.39 Å². The number of benzene rings is 1. The van der Waals surface area contributed by atoms with E-state index in [1.165, 1.54) is 18.4 Å². The molecule has 1 aromatic carbocycles. The van der Waals surface area contributed by atoms with Crippen LogP contribution in [0.5, 0.6) is 0 Å². The second-order valence-corrected chi connectivity index (χ2v) is 3.89. The first-order valence-electron chi connectivity index (χ1n) is 5.22. The maximum Gasteiger partial charge on any atom is 0.126 e. The first-order chi connectivity index (χ1) is 6.81. The Kier molecular flexibility index (Phi) is 2.82. The second kappa shape index (κ2) is 4.09. The molecular formula is C12H15FO. The zero-order valence-corrected chi connectivity index (χ0v) is 8.22. The highest BCUT2D eigenvalue weighted by atomic mass is 19.1. The minimum atomic E-state index is -0.153. The van der Waals surface area contributed by atoms with E-state index in [4.69, 9.17) is 5.11 Å². The van der Waals surface area contributed by atoms with Gasteiger partial charge in [-0.15, -0.1) is 0 Å². The highest BCUT2D eigenvalue weighted by molar-refractivity contribution is 5.35. The summed E-state index contributed by atoms with van der Waals surface area (Å²) < 4.78 is 13.5. The second-order valence-electron chi connectivity index (χ2n) is 3.89. The van der Waals surface area contributed by atoms with Gasteiger partial charge in [0, 0.05) is 6.61 Å². The van der Waals surface area contributed by atoms with E-state index in [1.807, 2.05) is 6.07 Å². The lowest BCUT2D eigenvalue weighted by Gasteiger charge is -2.17. The van der Waals surface area contributed by atoms with E-state index >= 15 is 0 Å². The molecule has 14 heavy (non-hydrogen) atoms. The third-order valence-corrected chi connectivity index (χ3v) is 2.89. The monoisotopic (exact) mass is 194 g/mol. The molecule has 0 atom stereocenters. The fourth-order valence-electron chi connectivity index (χ4n) is 2.12. The van der Waals surface area contributed by atoms with Crippen LogP contribution in [0.2, 0.25) is 0 Å². The average Bonchev–Trinajstić information content (AvgIpc) is 2.19. The summed E-state index contributed by atoms with van der Waals surface area (Å²) in [5.41, 5.74) is 3.10. The van der Waals surface area contributed by atoms with Crippen molar-refractivity contribution in [2.45, 2.75) is 32.1 Å². The zero-order chi connectivity index (χ0) is 9.97. The smallest absolute Gasteiger partial charge is 0.126 e. The fraction of sp³-hybridized carbons (Fsp3) is 0.500. The number of aryl methyl sites for hydroxylation is 2. The molecular weight excluding hydrogens is 179 g/mol. The first kappa shape index (κ1) is 9.66. The number of rotatable bonds is 2. The fourth-order valence-corrected chi connectivity index (χ4v) is 2.12. The Bertz CT molecular complexity index is 333. The summed E-state index contributed by atoms with van der Waals surface area (Å²) in [5.74, 6) is -0.153. The number of aliphatic hydroxyl groups is 1. The summed E-state index contributed by atoms with van der Waals surface area (Å²) in [5, 5.41) is 8.78. The summed E-state index contributed by atoms with van der Waals surface area (Å²) in [6, 6.07) is 3.58. The number of fused-ring (bicyclic) bond motifs is 1. The van der Waals surface area contributed by atoms with Gasteiger partial charge in [0.2, 0.25) is 0 Å². The van der Waals surface area contributed by atoms with Crippen LogP contribution in [0, 0.1) is 5.82 Å². The van der Waals surface area contributed by atoms with Crippen LogP contribution in [0.3, 0.4) is 0 Å². The molecule has 1 aliphatic rings. The van der Waals surface area contributed by atoms with Crippen molar-refractivity contribution in [2.24, 2.45) is 0 Å². The Balaban J connectivity index is 2.35. The molecule has 2 heteroatoms. The molecule has 0 bridgehead atoms. The van der Waals surface area contributed by atoms with Crippen LogP contribution in [0.4, 0.5) is 4.39 Å². The van der Waals surface area contributed by atoms with E-state index in [2.05, 4.69) is 0 Å². The van der Waals surface area contributed by atoms with Crippen LogP contribution in [0.15, 0.2) is 12.1 Å². The van der Waals surface area contributed by atoms with Gasteiger partial charge in [-0.1, -0.05) is 6.07 Å². The van der Waals surface area contributed by atoms with Crippen LogP contribution < -0.4 is 0 Å². The van der Waals surface area contributed by atoms with Gasteiger partial charge >= 0.3 is 0 Å². The van der Waals surface area contributed by atoms with Gasteiger partial charge < -0.3 is 5.11 Å². The maximum absolute atomic E-state index is 13.5. The predicted octanol–water partition coefficient (Wildman–Crippen LogP) is 2.24. The Morgan fingerprint density at radius 3 is 2.43 bits per heavy atom. The molecule has 0 amide bonds. The van der Waals surface area contributed by atoms with Gasteiger partial charge in [-0.2, -0.15) is 0 Å². The molecule has 0 unspecified atom stereocenters. The van der Waals surface area contributed by atoms with Crippen molar-refractivity contribution in [1.29, 1.82) is 0 Å². The van der Waals surface area contributed by atoms with Crippen molar-refractivity contribution in [3.63, 3.8) is 0 Å². The number of halogens is 1. The largest absolute Gasteiger partial charge is 0.396 e. The van der Waals surface area contributed by atoms with Crippen molar-refractivity contribution >= 4 is 0 Å². The van der Waals surface area contributed by atoms with Gasteiger partial charge in [0.1, 0.15) is 5.82 Å². The molecule has 1 aliphatic carbocycles. The molecule has 0 radical (unpaired) electrons. The van der Waals surface area contributed by atoms with Crippen LogP contribution in [0.25, 0.3) is 0 Å². The van der Waals surface area contributed by atoms with Gasteiger partial charge in [0.05, 0.1) is 0 Å². The first-order valence-corrected chi connectivity index (χ1v) is 5.22. The Hall–Kier alpha value is -0.890. The SMILES string of the molecule is OCCc1cc2c(cc1F)CCCC2. The molecule has 2 rings (SSSR count). The van der Waals surface area contributed by atoms with Crippen LogP contribution in [0.1, 0.15) is 29.5 Å². The van der Waals surface area contributed by atoms with Crippen molar-refractivity contribution < 1.29 is 9.50 Å². The van der Waals surface area contributed by atoms with Gasteiger partial charge in [-0.25, -0.2) is 4.39 Å². The molecule has 1 nitrogen and oxygen atoms in total. The van der Waals surface area contributed by atoms with Crippen molar-refractivity contribution in [3.05, 3.63) is 34.6 Å². The van der Waals surface area contributed by atoms with Crippen molar-refractivity contribution in [2.75, 3.05) is 6.61 Å². The van der Waals surface area contributed by atoms with Crippen LogP contribution in [-0.4, -0.2) is 11.7 Å². The van der Waals surface area contributed by atoms with Crippen LogP contribution in [-0.2, 0) is 19.3 Å². The lowest BCUT2D eigenvalue weighted by atomic mass is 9.89. The highest BCUT2D eigenvalue weighted by Gasteiger charge is 2.12. The molecule has 0 aromatic heterocycles. The minimum absolute atomic E-state index is 0.0235. The molecule has 0 saturated carbocycles. The topological polar surface area (TPSA) is 20.2 Å². The van der Waals surface area contributed by atoms with E-state index < -0.39 is 0 Å². The van der Waals surface area contributed by atoms with Crippen molar-refractivity contribution in [3.8, 4) is 0 Å². The summed E-state index contributed by atoms with van der Waals surface area (Å²) in [7, 11) is 0. The normalized spacial score (nSPS) is 15.3. The van der Waals surface area contributed by atoms with Gasteiger partial charge in [-0.3, -0.25) is 0 Å². The molecule has 1 aromatic rings. The standard InChI is InChI=1S/C12H15FO/c13-12-8-10-4-2-1-3-9(10)7-11(12)5-6-14/h7-8,14H,1-6H2. The Morgan fingerprint density at radius 1 is 1.14 bits per heavy atom. The Morgan fingerprint density at radius 2 is 1.79 bits per heavy atom. The molecule has 0 fully saturated rings. The van der Waals surface area contributed by atoms with E-state index in [1.54, 1.807) is 6.07 Å². The number of aliphatic hydroxyl groups excluding tert-OH is 1. The van der Waals surface area contributed by atoms with E-state index in [-0.39, 0.29) is 12.4 Å². The van der Waals surface area contributed by atoms with Gasteiger partial charge in [0.25, 0.3) is 0 Å². The predicted molar refractivity (Wildman–Crippen MR) is 53.8 cm³/mol. The molecule has 1 N–H and O–H groups in total.